The molecule has 0 spiro atoms. The maximum atomic E-state index is 12.3. The Morgan fingerprint density at radius 1 is 1.21 bits per heavy atom. The average Bonchev–Trinajstić information content (AvgIpc) is 3.29. The standard InChI is InChI=1S/C13H19N3O2S/c1-14-12-7-6-11(8-15-12)19(17,18)16-13(9-2-3-9)10-4-5-10/h6-10,13,16H,2-5H2,1H3,(H,14,15). The number of hydrogen-bond acceptors (Lipinski definition) is 4. The number of aromatic nitrogens is 1. The largest absolute Gasteiger partial charge is 0.373 e. The molecule has 1 aromatic rings. The molecule has 1 aromatic heterocycles. The molecule has 0 atom stereocenters. The predicted octanol–water partition coefficient (Wildman–Crippen LogP) is 1.59. The number of nitrogens with one attached hydrogen (secondary N) is 2. The molecule has 0 radical (unpaired) electrons. The molecule has 0 aromatic carbocycles. The second kappa shape index (κ2) is 4.76. The van der Waals surface area contributed by atoms with Crippen molar-refractivity contribution < 1.29 is 8.42 Å². The fourth-order valence-corrected chi connectivity index (χ4v) is 3.74. The Morgan fingerprint density at radius 2 is 1.84 bits per heavy atom. The molecule has 3 rings (SSSR count). The minimum Gasteiger partial charge on any atom is -0.373 e. The van der Waals surface area contributed by atoms with Crippen LogP contribution in [0.1, 0.15) is 25.7 Å². The van der Waals surface area contributed by atoms with Gasteiger partial charge in [0.15, 0.2) is 0 Å². The molecule has 104 valence electrons. The van der Waals surface area contributed by atoms with Crippen LogP contribution in [0.25, 0.3) is 0 Å². The highest BCUT2D eigenvalue weighted by molar-refractivity contribution is 7.89. The molecule has 0 unspecified atom stereocenters. The third-order valence-electron chi connectivity index (χ3n) is 3.85. The van der Waals surface area contributed by atoms with E-state index in [0.717, 1.165) is 25.7 Å². The summed E-state index contributed by atoms with van der Waals surface area (Å²) in [5.41, 5.74) is 0. The molecule has 2 fully saturated rings. The first-order chi connectivity index (χ1) is 9.10. The fraction of sp³-hybridized carbons (Fsp3) is 0.615. The highest BCUT2D eigenvalue weighted by Crippen LogP contribution is 2.45. The van der Waals surface area contributed by atoms with E-state index in [1.807, 2.05) is 0 Å². The van der Waals surface area contributed by atoms with Crippen molar-refractivity contribution in [2.24, 2.45) is 11.8 Å². The van der Waals surface area contributed by atoms with Gasteiger partial charge in [-0.1, -0.05) is 0 Å². The van der Waals surface area contributed by atoms with Crippen molar-refractivity contribution >= 4 is 15.8 Å². The van der Waals surface area contributed by atoms with E-state index in [-0.39, 0.29) is 10.9 Å². The van der Waals surface area contributed by atoms with Gasteiger partial charge in [0.2, 0.25) is 10.0 Å². The zero-order chi connectivity index (χ0) is 13.5. The van der Waals surface area contributed by atoms with Crippen LogP contribution < -0.4 is 10.0 Å². The van der Waals surface area contributed by atoms with Gasteiger partial charge in [0, 0.05) is 19.3 Å². The minimum atomic E-state index is -3.43. The first kappa shape index (κ1) is 12.9. The first-order valence-corrected chi connectivity index (χ1v) is 8.24. The van der Waals surface area contributed by atoms with Crippen LogP contribution in [0, 0.1) is 11.8 Å². The van der Waals surface area contributed by atoms with Gasteiger partial charge in [-0.05, 0) is 49.7 Å². The smallest absolute Gasteiger partial charge is 0.242 e. The Kier molecular flexibility index (Phi) is 3.22. The monoisotopic (exact) mass is 281 g/mol. The Balaban J connectivity index is 1.76. The van der Waals surface area contributed by atoms with Crippen molar-refractivity contribution in [2.45, 2.75) is 36.6 Å². The van der Waals surface area contributed by atoms with Gasteiger partial charge in [-0.3, -0.25) is 0 Å². The number of rotatable bonds is 6. The Bertz CT molecular complexity index is 536. The van der Waals surface area contributed by atoms with Gasteiger partial charge in [-0.25, -0.2) is 18.1 Å². The summed E-state index contributed by atoms with van der Waals surface area (Å²) in [5, 5.41) is 2.88. The molecule has 5 nitrogen and oxygen atoms in total. The summed E-state index contributed by atoms with van der Waals surface area (Å²) < 4.78 is 27.6. The van der Waals surface area contributed by atoms with Crippen molar-refractivity contribution in [3.8, 4) is 0 Å². The first-order valence-electron chi connectivity index (χ1n) is 6.76. The lowest BCUT2D eigenvalue weighted by atomic mass is 10.1. The van der Waals surface area contributed by atoms with Gasteiger partial charge in [0.25, 0.3) is 0 Å². The number of hydrogen-bond donors (Lipinski definition) is 2. The van der Waals surface area contributed by atoms with Crippen LogP contribution in [0.5, 0.6) is 0 Å². The van der Waals surface area contributed by atoms with Crippen LogP contribution in [0.3, 0.4) is 0 Å². The molecular weight excluding hydrogens is 262 g/mol. The van der Waals surface area contributed by atoms with E-state index in [1.54, 1.807) is 19.2 Å². The molecule has 0 bridgehead atoms. The lowest BCUT2D eigenvalue weighted by Crippen LogP contribution is -2.38. The van der Waals surface area contributed by atoms with E-state index in [2.05, 4.69) is 15.0 Å². The van der Waals surface area contributed by atoms with E-state index in [1.165, 1.54) is 6.20 Å². The van der Waals surface area contributed by atoms with E-state index >= 15 is 0 Å². The maximum Gasteiger partial charge on any atom is 0.242 e. The quantitative estimate of drug-likeness (QED) is 0.830. The van der Waals surface area contributed by atoms with E-state index in [9.17, 15) is 8.42 Å². The number of anilines is 1. The second-order valence-corrected chi connectivity index (χ2v) is 7.17. The van der Waals surface area contributed by atoms with Gasteiger partial charge in [0.1, 0.15) is 10.7 Å². The molecule has 1 heterocycles. The van der Waals surface area contributed by atoms with E-state index < -0.39 is 10.0 Å². The molecule has 2 aliphatic carbocycles. The number of nitrogens with zero attached hydrogens (tertiary/aromatic N) is 1. The van der Waals surface area contributed by atoms with Crippen LogP contribution in [0.2, 0.25) is 0 Å². The van der Waals surface area contributed by atoms with E-state index in [0.29, 0.717) is 17.7 Å². The lowest BCUT2D eigenvalue weighted by Gasteiger charge is -2.17. The fourth-order valence-electron chi connectivity index (χ4n) is 2.42. The highest BCUT2D eigenvalue weighted by atomic mass is 32.2. The summed E-state index contributed by atoms with van der Waals surface area (Å²) in [7, 11) is -1.68. The van der Waals surface area contributed by atoms with Gasteiger partial charge >= 0.3 is 0 Å². The summed E-state index contributed by atoms with van der Waals surface area (Å²) >= 11 is 0. The zero-order valence-corrected chi connectivity index (χ0v) is 11.8. The number of sulfonamides is 1. The Hall–Kier alpha value is -1.14. The van der Waals surface area contributed by atoms with Crippen molar-refractivity contribution in [1.29, 1.82) is 0 Å². The Morgan fingerprint density at radius 3 is 2.26 bits per heavy atom. The highest BCUT2D eigenvalue weighted by Gasteiger charge is 2.43. The predicted molar refractivity (Wildman–Crippen MR) is 73.3 cm³/mol. The molecule has 6 heteroatoms. The molecule has 2 saturated carbocycles. The molecule has 2 N–H and O–H groups in total. The summed E-state index contributed by atoms with van der Waals surface area (Å²) in [6.45, 7) is 0. The van der Waals surface area contributed by atoms with E-state index in [4.69, 9.17) is 0 Å². The summed E-state index contributed by atoms with van der Waals surface area (Å²) in [5.74, 6) is 1.76. The van der Waals surface area contributed by atoms with Gasteiger partial charge in [-0.2, -0.15) is 0 Å². The van der Waals surface area contributed by atoms with Crippen molar-refractivity contribution in [2.75, 3.05) is 12.4 Å². The van der Waals surface area contributed by atoms with Crippen molar-refractivity contribution in [3.05, 3.63) is 18.3 Å². The third-order valence-corrected chi connectivity index (χ3v) is 5.30. The molecular formula is C13H19N3O2S. The second-order valence-electron chi connectivity index (χ2n) is 5.45. The normalized spacial score (nSPS) is 19.7. The topological polar surface area (TPSA) is 71.1 Å². The van der Waals surface area contributed by atoms with Crippen molar-refractivity contribution in [3.63, 3.8) is 0 Å². The molecule has 19 heavy (non-hydrogen) atoms. The van der Waals surface area contributed by atoms with Crippen LogP contribution in [0.15, 0.2) is 23.2 Å². The summed E-state index contributed by atoms with van der Waals surface area (Å²) in [4.78, 5) is 4.31. The molecule has 0 saturated heterocycles. The van der Waals surface area contributed by atoms with Gasteiger partial charge < -0.3 is 5.32 Å². The lowest BCUT2D eigenvalue weighted by molar-refractivity contribution is 0.471. The van der Waals surface area contributed by atoms with Gasteiger partial charge in [-0.15, -0.1) is 0 Å². The Labute approximate surface area is 113 Å². The molecule has 2 aliphatic rings. The van der Waals surface area contributed by atoms with Crippen LogP contribution in [-0.2, 0) is 10.0 Å². The van der Waals surface area contributed by atoms with Crippen molar-refractivity contribution in [1.82, 2.24) is 9.71 Å². The third kappa shape index (κ3) is 2.90. The summed E-state index contributed by atoms with van der Waals surface area (Å²) in [6, 6.07) is 3.41. The average molecular weight is 281 g/mol. The van der Waals surface area contributed by atoms with Gasteiger partial charge in [0.05, 0.1) is 0 Å². The minimum absolute atomic E-state index is 0.133. The summed E-state index contributed by atoms with van der Waals surface area (Å²) in [6.07, 6.45) is 6.02. The molecule has 0 aliphatic heterocycles. The zero-order valence-electron chi connectivity index (χ0n) is 11.0. The molecule has 0 amide bonds. The van der Waals surface area contributed by atoms with Crippen LogP contribution in [0.4, 0.5) is 5.82 Å². The number of pyridine rings is 1. The van der Waals surface area contributed by atoms with Crippen LogP contribution in [-0.4, -0.2) is 26.5 Å². The SMILES string of the molecule is CNc1ccc(S(=O)(=O)NC(C2CC2)C2CC2)cn1. The van der Waals surface area contributed by atoms with Crippen LogP contribution >= 0.6 is 0 Å². The maximum absolute atomic E-state index is 12.3.